The van der Waals surface area contributed by atoms with Crippen molar-refractivity contribution in [3.63, 3.8) is 0 Å². The lowest BCUT2D eigenvalue weighted by molar-refractivity contribution is -0.117. The Bertz CT molecular complexity index is 907. The molecule has 0 aliphatic heterocycles. The van der Waals surface area contributed by atoms with Crippen LogP contribution >= 0.6 is 0 Å². The second-order valence-electron chi connectivity index (χ2n) is 6.63. The summed E-state index contributed by atoms with van der Waals surface area (Å²) >= 11 is 0. The van der Waals surface area contributed by atoms with Gasteiger partial charge in [0.1, 0.15) is 6.04 Å². The van der Waals surface area contributed by atoms with Crippen LogP contribution in [-0.4, -0.2) is 26.6 Å². The van der Waals surface area contributed by atoms with Crippen LogP contribution in [0.3, 0.4) is 0 Å². The molecule has 0 unspecified atom stereocenters. The van der Waals surface area contributed by atoms with Crippen molar-refractivity contribution < 1.29 is 13.2 Å². The van der Waals surface area contributed by atoms with Gasteiger partial charge in [0.05, 0.1) is 11.9 Å². The highest BCUT2D eigenvalue weighted by atomic mass is 32.2. The number of sulfonamides is 1. The lowest BCUT2D eigenvalue weighted by atomic mass is 10.1. The van der Waals surface area contributed by atoms with Crippen molar-refractivity contribution in [3.8, 4) is 0 Å². The predicted molar refractivity (Wildman–Crippen MR) is 107 cm³/mol. The van der Waals surface area contributed by atoms with Gasteiger partial charge in [-0.15, -0.1) is 0 Å². The van der Waals surface area contributed by atoms with Crippen LogP contribution in [0.5, 0.6) is 0 Å². The van der Waals surface area contributed by atoms with E-state index in [4.69, 9.17) is 0 Å². The number of carbonyl (C=O) groups excluding carboxylic acids is 1. The third-order valence-corrected chi connectivity index (χ3v) is 5.41. The molecule has 26 heavy (non-hydrogen) atoms. The Kier molecular flexibility index (Phi) is 6.08. The molecule has 1 amide bonds. The molecule has 0 bridgehead atoms. The van der Waals surface area contributed by atoms with E-state index in [0.29, 0.717) is 17.8 Å². The largest absolute Gasteiger partial charge is 0.324 e. The lowest BCUT2D eigenvalue weighted by Crippen LogP contribution is -2.47. The van der Waals surface area contributed by atoms with Gasteiger partial charge in [0.2, 0.25) is 15.9 Å². The minimum atomic E-state index is -3.63. The molecule has 1 atom stereocenters. The van der Waals surface area contributed by atoms with E-state index < -0.39 is 16.1 Å². The average molecular weight is 375 g/mol. The molecular formula is C20H26N2O3S. The first-order valence-electron chi connectivity index (χ1n) is 8.57. The fourth-order valence-electron chi connectivity index (χ4n) is 3.00. The average Bonchev–Trinajstić information content (AvgIpc) is 2.53. The zero-order chi connectivity index (χ0) is 19.5. The summed E-state index contributed by atoms with van der Waals surface area (Å²) in [7, 11) is -3.63. The van der Waals surface area contributed by atoms with Crippen LogP contribution in [-0.2, 0) is 14.8 Å². The van der Waals surface area contributed by atoms with Gasteiger partial charge in [-0.1, -0.05) is 36.8 Å². The van der Waals surface area contributed by atoms with Crippen LogP contribution in [0.25, 0.3) is 0 Å². The molecule has 140 valence electrons. The van der Waals surface area contributed by atoms with Gasteiger partial charge < -0.3 is 5.32 Å². The molecule has 1 N–H and O–H groups in total. The van der Waals surface area contributed by atoms with Crippen LogP contribution in [0.2, 0.25) is 0 Å². The number of aryl methyl sites for hydroxylation is 3. The molecular weight excluding hydrogens is 348 g/mol. The molecule has 0 heterocycles. The van der Waals surface area contributed by atoms with Crippen molar-refractivity contribution in [3.05, 3.63) is 59.2 Å². The number of hydrogen-bond acceptors (Lipinski definition) is 3. The summed E-state index contributed by atoms with van der Waals surface area (Å²) in [5.74, 6) is -0.341. The molecule has 2 aromatic carbocycles. The summed E-state index contributed by atoms with van der Waals surface area (Å²) in [6, 6.07) is 12.1. The van der Waals surface area contributed by atoms with E-state index in [1.165, 1.54) is 4.31 Å². The molecule has 2 aromatic rings. The first kappa shape index (κ1) is 20.0. The van der Waals surface area contributed by atoms with E-state index in [9.17, 15) is 13.2 Å². The molecule has 0 aromatic heterocycles. The van der Waals surface area contributed by atoms with Gasteiger partial charge in [-0.25, -0.2) is 8.42 Å². The van der Waals surface area contributed by atoms with Gasteiger partial charge in [0, 0.05) is 5.69 Å². The molecule has 6 heteroatoms. The van der Waals surface area contributed by atoms with Crippen LogP contribution in [0.15, 0.2) is 42.5 Å². The highest BCUT2D eigenvalue weighted by Crippen LogP contribution is 2.25. The summed E-state index contributed by atoms with van der Waals surface area (Å²) in [5.41, 5.74) is 4.16. The molecule has 0 radical (unpaired) electrons. The minimum Gasteiger partial charge on any atom is -0.324 e. The fraction of sp³-hybridized carbons (Fsp3) is 0.350. The number of nitrogens with zero attached hydrogens (tertiary/aromatic N) is 1. The Morgan fingerprint density at radius 3 is 2.27 bits per heavy atom. The number of hydrogen-bond donors (Lipinski definition) is 1. The summed E-state index contributed by atoms with van der Waals surface area (Å²) in [6.45, 7) is 7.59. The standard InChI is InChI=1S/C20H26N2O3S/c1-6-19(20(23)21-18-11-10-15(3)12-16(18)4)22(26(5,24)25)17-9-7-8-14(2)13-17/h7-13,19H,6H2,1-5H3,(H,21,23)/t19-/m0/s1. The maximum absolute atomic E-state index is 12.9. The number of amides is 1. The van der Waals surface area contributed by atoms with Crippen molar-refractivity contribution in [2.75, 3.05) is 15.9 Å². The number of benzene rings is 2. The van der Waals surface area contributed by atoms with E-state index in [0.717, 1.165) is 22.9 Å². The van der Waals surface area contributed by atoms with E-state index in [2.05, 4.69) is 5.32 Å². The lowest BCUT2D eigenvalue weighted by Gasteiger charge is -2.30. The monoisotopic (exact) mass is 374 g/mol. The maximum Gasteiger partial charge on any atom is 0.248 e. The van der Waals surface area contributed by atoms with E-state index in [1.807, 2.05) is 45.0 Å². The zero-order valence-corrected chi connectivity index (χ0v) is 16.7. The predicted octanol–water partition coefficient (Wildman–Crippen LogP) is 3.80. The van der Waals surface area contributed by atoms with Gasteiger partial charge in [0.15, 0.2) is 0 Å². The smallest absolute Gasteiger partial charge is 0.248 e. The van der Waals surface area contributed by atoms with Gasteiger partial charge >= 0.3 is 0 Å². The fourth-order valence-corrected chi connectivity index (χ4v) is 4.20. The number of anilines is 2. The number of nitrogens with one attached hydrogen (secondary N) is 1. The molecule has 0 saturated heterocycles. The second kappa shape index (κ2) is 7.91. The van der Waals surface area contributed by atoms with Crippen LogP contribution < -0.4 is 9.62 Å². The Morgan fingerprint density at radius 1 is 1.08 bits per heavy atom. The van der Waals surface area contributed by atoms with E-state index in [1.54, 1.807) is 25.1 Å². The number of carbonyl (C=O) groups is 1. The topological polar surface area (TPSA) is 66.5 Å². The molecule has 0 spiro atoms. The van der Waals surface area contributed by atoms with Crippen LogP contribution in [0.1, 0.15) is 30.0 Å². The van der Waals surface area contributed by atoms with Gasteiger partial charge in [-0.05, 0) is 56.5 Å². The Morgan fingerprint density at radius 2 is 1.73 bits per heavy atom. The first-order valence-corrected chi connectivity index (χ1v) is 10.4. The molecule has 5 nitrogen and oxygen atoms in total. The van der Waals surface area contributed by atoms with E-state index in [-0.39, 0.29) is 5.91 Å². The Labute approximate surface area is 156 Å². The van der Waals surface area contributed by atoms with E-state index >= 15 is 0 Å². The molecule has 0 saturated carbocycles. The quantitative estimate of drug-likeness (QED) is 0.836. The number of rotatable bonds is 6. The third kappa shape index (κ3) is 4.64. The van der Waals surface area contributed by atoms with Crippen molar-refractivity contribution >= 4 is 27.3 Å². The van der Waals surface area contributed by atoms with Crippen molar-refractivity contribution in [2.45, 2.75) is 40.2 Å². The molecule has 0 fully saturated rings. The highest BCUT2D eigenvalue weighted by molar-refractivity contribution is 7.92. The Balaban J connectivity index is 2.40. The van der Waals surface area contributed by atoms with Crippen molar-refractivity contribution in [2.24, 2.45) is 0 Å². The summed E-state index contributed by atoms with van der Waals surface area (Å²) in [6.07, 6.45) is 1.49. The van der Waals surface area contributed by atoms with Gasteiger partial charge in [0.25, 0.3) is 0 Å². The summed E-state index contributed by atoms with van der Waals surface area (Å²) in [4.78, 5) is 12.9. The van der Waals surface area contributed by atoms with Gasteiger partial charge in [-0.2, -0.15) is 0 Å². The van der Waals surface area contributed by atoms with Crippen LogP contribution in [0.4, 0.5) is 11.4 Å². The Hall–Kier alpha value is -2.34. The molecule has 0 aliphatic rings. The molecule has 2 rings (SSSR count). The van der Waals surface area contributed by atoms with Crippen molar-refractivity contribution in [1.82, 2.24) is 0 Å². The third-order valence-electron chi connectivity index (χ3n) is 4.23. The van der Waals surface area contributed by atoms with Gasteiger partial charge in [-0.3, -0.25) is 9.10 Å². The van der Waals surface area contributed by atoms with Crippen LogP contribution in [0, 0.1) is 20.8 Å². The summed E-state index contributed by atoms with van der Waals surface area (Å²) < 4.78 is 26.1. The minimum absolute atomic E-state index is 0.341. The second-order valence-corrected chi connectivity index (χ2v) is 8.49. The normalized spacial score (nSPS) is 12.5. The van der Waals surface area contributed by atoms with Crippen molar-refractivity contribution in [1.29, 1.82) is 0 Å². The summed E-state index contributed by atoms with van der Waals surface area (Å²) in [5, 5.41) is 2.88. The highest BCUT2D eigenvalue weighted by Gasteiger charge is 2.31. The molecule has 0 aliphatic carbocycles. The maximum atomic E-state index is 12.9. The SMILES string of the molecule is CC[C@@H](C(=O)Nc1ccc(C)cc1C)N(c1cccc(C)c1)S(C)(=O)=O. The zero-order valence-electron chi connectivity index (χ0n) is 15.9. The first-order chi connectivity index (χ1) is 12.1.